The van der Waals surface area contributed by atoms with Crippen molar-refractivity contribution in [1.82, 2.24) is 10.4 Å². The molecule has 0 spiro atoms. The molecule has 0 radical (unpaired) electrons. The van der Waals surface area contributed by atoms with Crippen LogP contribution in [-0.2, 0) is 14.9 Å². The number of ether oxygens (including phenoxy) is 1. The van der Waals surface area contributed by atoms with Crippen LogP contribution in [0.2, 0.25) is 10.0 Å². The van der Waals surface area contributed by atoms with E-state index >= 15 is 0 Å². The number of halogens is 2. The van der Waals surface area contributed by atoms with E-state index in [2.05, 4.69) is 5.43 Å². The molecule has 0 saturated carbocycles. The first-order valence-electron chi connectivity index (χ1n) is 10.4. The molecule has 0 aliphatic carbocycles. The second-order valence-corrected chi connectivity index (χ2v) is 9.39. The number of carbonyl (C=O) groups is 2. The average molecular weight is 481 g/mol. The summed E-state index contributed by atoms with van der Waals surface area (Å²) in [6.07, 6.45) is 1.08. The molecular formula is C24H30Cl2N2O4. The number of aliphatic hydroxyl groups excluding tert-OH is 1. The number of amides is 1. The van der Waals surface area contributed by atoms with Crippen LogP contribution in [0.15, 0.2) is 48.5 Å². The van der Waals surface area contributed by atoms with Crippen LogP contribution in [0, 0.1) is 0 Å². The molecule has 2 rings (SSSR count). The van der Waals surface area contributed by atoms with Gasteiger partial charge in [-0.25, -0.2) is 15.2 Å². The molecule has 0 unspecified atom stereocenters. The summed E-state index contributed by atoms with van der Waals surface area (Å²) in [4.78, 5) is 23.9. The van der Waals surface area contributed by atoms with Gasteiger partial charge >= 0.3 is 6.09 Å². The zero-order valence-corrected chi connectivity index (χ0v) is 20.1. The van der Waals surface area contributed by atoms with E-state index in [4.69, 9.17) is 27.9 Å². The largest absolute Gasteiger partial charge is 0.443 e. The number of nitrogens with one attached hydrogen (secondary N) is 1. The zero-order valence-electron chi connectivity index (χ0n) is 18.6. The predicted molar refractivity (Wildman–Crippen MR) is 127 cm³/mol. The van der Waals surface area contributed by atoms with Crippen LogP contribution in [0.25, 0.3) is 0 Å². The number of nitrogens with zero attached hydrogens (tertiary/aromatic N) is 1. The van der Waals surface area contributed by atoms with E-state index in [-0.39, 0.29) is 19.7 Å². The van der Waals surface area contributed by atoms with E-state index in [0.29, 0.717) is 29.2 Å². The lowest BCUT2D eigenvalue weighted by Crippen LogP contribution is -2.51. The first kappa shape index (κ1) is 26.1. The number of rotatable bonds is 10. The highest BCUT2D eigenvalue weighted by molar-refractivity contribution is 6.30. The molecule has 0 fully saturated rings. The molecule has 0 heterocycles. The maximum Gasteiger partial charge on any atom is 0.425 e. The molecule has 32 heavy (non-hydrogen) atoms. The van der Waals surface area contributed by atoms with Crippen LogP contribution in [0.4, 0.5) is 4.79 Å². The molecule has 0 atom stereocenters. The Morgan fingerprint density at radius 3 is 1.94 bits per heavy atom. The van der Waals surface area contributed by atoms with Gasteiger partial charge in [0, 0.05) is 28.6 Å². The van der Waals surface area contributed by atoms with Gasteiger partial charge in [-0.1, -0.05) is 47.5 Å². The minimum atomic E-state index is -0.708. The molecule has 6 nitrogen and oxygen atoms in total. The van der Waals surface area contributed by atoms with E-state index in [1.165, 1.54) is 0 Å². The molecule has 2 aromatic carbocycles. The van der Waals surface area contributed by atoms with Crippen LogP contribution >= 0.6 is 23.2 Å². The highest BCUT2D eigenvalue weighted by atomic mass is 35.5. The SMILES string of the molecule is CC(C)(C)OC(=O)N(CC=O)NCC(CCCO)(c1ccc(Cl)cc1)c1ccc(Cl)cc1. The number of aliphatic hydroxyl groups is 1. The number of aldehydes is 1. The fraction of sp³-hybridized carbons (Fsp3) is 0.417. The summed E-state index contributed by atoms with van der Waals surface area (Å²) in [5, 5.41) is 12.0. The van der Waals surface area contributed by atoms with Crippen molar-refractivity contribution in [3.05, 3.63) is 69.7 Å². The van der Waals surface area contributed by atoms with Crippen molar-refractivity contribution in [3.63, 3.8) is 0 Å². The van der Waals surface area contributed by atoms with Crippen LogP contribution in [0.3, 0.4) is 0 Å². The molecule has 1 amide bonds. The Bertz CT molecular complexity index is 835. The Labute approximate surface area is 199 Å². The van der Waals surface area contributed by atoms with Gasteiger partial charge in [-0.3, -0.25) is 0 Å². The fourth-order valence-corrected chi connectivity index (χ4v) is 3.74. The lowest BCUT2D eigenvalue weighted by Gasteiger charge is -2.37. The lowest BCUT2D eigenvalue weighted by molar-refractivity contribution is -0.109. The molecule has 0 bridgehead atoms. The molecule has 0 aliphatic heterocycles. The van der Waals surface area contributed by atoms with Crippen molar-refractivity contribution >= 4 is 35.6 Å². The molecule has 0 aromatic heterocycles. The molecule has 174 valence electrons. The summed E-state index contributed by atoms with van der Waals surface area (Å²) < 4.78 is 5.43. The summed E-state index contributed by atoms with van der Waals surface area (Å²) in [5.41, 5.74) is 3.64. The topological polar surface area (TPSA) is 78.9 Å². The van der Waals surface area contributed by atoms with E-state index < -0.39 is 17.1 Å². The number of hydrazine groups is 1. The molecule has 8 heteroatoms. The standard InChI is InChI=1S/C24H30Cl2N2O4/c1-23(2,3)32-22(31)28(14-16-30)27-17-24(13-4-15-29,18-5-9-20(25)10-6-18)19-7-11-21(26)12-8-19/h5-12,16,27,29H,4,13-15,17H2,1-3H3. The van der Waals surface area contributed by atoms with E-state index in [1.807, 2.05) is 24.3 Å². The van der Waals surface area contributed by atoms with Crippen molar-refractivity contribution < 1.29 is 19.4 Å². The minimum Gasteiger partial charge on any atom is -0.443 e. The van der Waals surface area contributed by atoms with Gasteiger partial charge in [0.05, 0.1) is 6.54 Å². The van der Waals surface area contributed by atoms with Gasteiger partial charge in [0.25, 0.3) is 0 Å². The normalized spacial score (nSPS) is 11.8. The number of carbonyl (C=O) groups excluding carboxylic acids is 2. The van der Waals surface area contributed by atoms with Crippen LogP contribution in [0.5, 0.6) is 0 Å². The van der Waals surface area contributed by atoms with Gasteiger partial charge in [-0.05, 0) is 69.0 Å². The van der Waals surface area contributed by atoms with Gasteiger partial charge < -0.3 is 14.6 Å². The second kappa shape index (κ2) is 11.7. The van der Waals surface area contributed by atoms with Gasteiger partial charge in [0.2, 0.25) is 0 Å². The van der Waals surface area contributed by atoms with Crippen molar-refractivity contribution in [2.24, 2.45) is 0 Å². The number of hydrogen-bond acceptors (Lipinski definition) is 5. The van der Waals surface area contributed by atoms with Crippen LogP contribution < -0.4 is 5.43 Å². The van der Waals surface area contributed by atoms with Crippen molar-refractivity contribution in [1.29, 1.82) is 0 Å². The Kier molecular flexibility index (Phi) is 9.52. The Morgan fingerprint density at radius 1 is 1.03 bits per heavy atom. The van der Waals surface area contributed by atoms with Gasteiger partial charge in [0.1, 0.15) is 11.9 Å². The monoisotopic (exact) mass is 480 g/mol. The summed E-state index contributed by atoms with van der Waals surface area (Å²) in [6, 6.07) is 14.9. The smallest absolute Gasteiger partial charge is 0.425 e. The van der Waals surface area contributed by atoms with Crippen molar-refractivity contribution in [2.75, 3.05) is 19.7 Å². The van der Waals surface area contributed by atoms with Crippen molar-refractivity contribution in [2.45, 2.75) is 44.6 Å². The summed E-state index contributed by atoms with van der Waals surface area (Å²) >= 11 is 12.2. The van der Waals surface area contributed by atoms with Gasteiger partial charge in [-0.15, -0.1) is 0 Å². The van der Waals surface area contributed by atoms with Crippen LogP contribution in [0.1, 0.15) is 44.7 Å². The molecule has 2 aromatic rings. The summed E-state index contributed by atoms with van der Waals surface area (Å²) in [6.45, 7) is 5.38. The quantitative estimate of drug-likeness (QED) is 0.369. The Morgan fingerprint density at radius 2 is 1.53 bits per heavy atom. The fourth-order valence-electron chi connectivity index (χ4n) is 3.49. The minimum absolute atomic E-state index is 0.00699. The van der Waals surface area contributed by atoms with Crippen LogP contribution in [-0.4, -0.2) is 47.8 Å². The van der Waals surface area contributed by atoms with E-state index in [9.17, 15) is 14.7 Å². The molecule has 0 saturated heterocycles. The first-order chi connectivity index (χ1) is 15.1. The number of benzene rings is 2. The zero-order chi connectivity index (χ0) is 23.8. The highest BCUT2D eigenvalue weighted by Crippen LogP contribution is 2.37. The predicted octanol–water partition coefficient (Wildman–Crippen LogP) is 4.99. The van der Waals surface area contributed by atoms with Gasteiger partial charge in [-0.2, -0.15) is 0 Å². The van der Waals surface area contributed by atoms with Gasteiger partial charge in [0.15, 0.2) is 0 Å². The highest BCUT2D eigenvalue weighted by Gasteiger charge is 2.35. The third-order valence-electron chi connectivity index (χ3n) is 5.00. The summed E-state index contributed by atoms with van der Waals surface area (Å²) in [5.74, 6) is 0. The lowest BCUT2D eigenvalue weighted by atomic mass is 9.71. The Balaban J connectivity index is 2.47. The third-order valence-corrected chi connectivity index (χ3v) is 5.50. The number of hydrogen-bond donors (Lipinski definition) is 2. The molecule has 2 N–H and O–H groups in total. The average Bonchev–Trinajstić information content (AvgIpc) is 2.73. The van der Waals surface area contributed by atoms with E-state index in [0.717, 1.165) is 16.1 Å². The Hall–Kier alpha value is -2.12. The van der Waals surface area contributed by atoms with E-state index in [1.54, 1.807) is 45.0 Å². The van der Waals surface area contributed by atoms with Crippen molar-refractivity contribution in [3.8, 4) is 0 Å². The molecular weight excluding hydrogens is 451 g/mol. The maximum atomic E-state index is 12.6. The third kappa shape index (κ3) is 7.20. The first-order valence-corrected chi connectivity index (χ1v) is 11.2. The molecule has 0 aliphatic rings. The maximum absolute atomic E-state index is 12.6. The summed E-state index contributed by atoms with van der Waals surface area (Å²) in [7, 11) is 0. The second-order valence-electron chi connectivity index (χ2n) is 8.52.